The van der Waals surface area contributed by atoms with Crippen molar-refractivity contribution in [3.05, 3.63) is 64.2 Å². The Bertz CT molecular complexity index is 809. The van der Waals surface area contributed by atoms with Crippen LogP contribution in [0, 0.1) is 10.1 Å². The first kappa shape index (κ1) is 23.4. The van der Waals surface area contributed by atoms with E-state index in [4.69, 9.17) is 9.47 Å². The molecular formula is C21H28N2O4S. The highest BCUT2D eigenvalue weighted by molar-refractivity contribution is 7.97. The van der Waals surface area contributed by atoms with Crippen molar-refractivity contribution in [1.29, 1.82) is 0 Å². The van der Waals surface area contributed by atoms with E-state index >= 15 is 0 Å². The van der Waals surface area contributed by atoms with Crippen molar-refractivity contribution in [2.45, 2.75) is 20.4 Å². The normalized spacial score (nSPS) is 9.75. The number of nitro groups is 1. The summed E-state index contributed by atoms with van der Waals surface area (Å²) in [5.41, 5.74) is 2.60. The Morgan fingerprint density at radius 3 is 2.46 bits per heavy atom. The van der Waals surface area contributed by atoms with Crippen molar-refractivity contribution in [1.82, 2.24) is 0 Å². The van der Waals surface area contributed by atoms with Crippen LogP contribution < -0.4 is 14.8 Å². The topological polar surface area (TPSA) is 73.6 Å². The van der Waals surface area contributed by atoms with Crippen molar-refractivity contribution < 1.29 is 14.4 Å². The highest BCUT2D eigenvalue weighted by Crippen LogP contribution is 2.33. The molecule has 0 unspecified atom stereocenters. The molecule has 0 spiro atoms. The van der Waals surface area contributed by atoms with Crippen molar-refractivity contribution in [3.8, 4) is 11.5 Å². The molecule has 152 valence electrons. The fourth-order valence-electron chi connectivity index (χ4n) is 2.52. The van der Waals surface area contributed by atoms with E-state index in [0.29, 0.717) is 41.5 Å². The van der Waals surface area contributed by atoms with Crippen LogP contribution in [-0.4, -0.2) is 31.2 Å². The maximum Gasteiger partial charge on any atom is 0.299 e. The number of hydrogen-bond donors (Lipinski definition) is 1. The molecule has 0 atom stereocenters. The lowest BCUT2D eigenvalue weighted by atomic mass is 10.1. The SMILES string of the molecule is C=C(C)c1cccc(NCc2ccc(OC)c(OCC)c2)c1[N+](=O)[O-].CSC. The maximum atomic E-state index is 11.5. The van der Waals surface area contributed by atoms with Crippen LogP contribution in [0.4, 0.5) is 11.4 Å². The van der Waals surface area contributed by atoms with E-state index in [1.807, 2.05) is 37.6 Å². The van der Waals surface area contributed by atoms with Crippen LogP contribution in [0.25, 0.3) is 5.57 Å². The molecule has 2 aromatic rings. The van der Waals surface area contributed by atoms with Gasteiger partial charge in [-0.25, -0.2) is 0 Å². The Balaban J connectivity index is 0.00000122. The van der Waals surface area contributed by atoms with Gasteiger partial charge in [0.05, 0.1) is 24.2 Å². The summed E-state index contributed by atoms with van der Waals surface area (Å²) in [5.74, 6) is 1.30. The molecule has 0 bridgehead atoms. The Labute approximate surface area is 171 Å². The summed E-state index contributed by atoms with van der Waals surface area (Å²) >= 11 is 1.75. The second kappa shape index (κ2) is 11.9. The van der Waals surface area contributed by atoms with Crippen molar-refractivity contribution in [2.75, 3.05) is 31.5 Å². The number of benzene rings is 2. The molecule has 0 aliphatic rings. The average Bonchev–Trinajstić information content (AvgIpc) is 2.67. The fourth-order valence-corrected chi connectivity index (χ4v) is 2.52. The summed E-state index contributed by atoms with van der Waals surface area (Å²) in [7, 11) is 1.59. The summed E-state index contributed by atoms with van der Waals surface area (Å²) in [6, 6.07) is 10.7. The van der Waals surface area contributed by atoms with Crippen LogP contribution in [0.1, 0.15) is 25.0 Å². The number of rotatable bonds is 8. The summed E-state index contributed by atoms with van der Waals surface area (Å²) in [6.07, 6.45) is 4.08. The van der Waals surface area contributed by atoms with Gasteiger partial charge in [-0.1, -0.05) is 18.7 Å². The summed E-state index contributed by atoms with van der Waals surface area (Å²) in [6.45, 7) is 8.42. The van der Waals surface area contributed by atoms with Crippen molar-refractivity contribution >= 4 is 28.7 Å². The predicted molar refractivity (Wildman–Crippen MR) is 119 cm³/mol. The molecule has 6 nitrogen and oxygen atoms in total. The number of methoxy groups -OCH3 is 1. The molecule has 28 heavy (non-hydrogen) atoms. The largest absolute Gasteiger partial charge is 0.493 e. The molecule has 7 heteroatoms. The smallest absolute Gasteiger partial charge is 0.299 e. The Hall–Kier alpha value is -2.67. The standard InChI is InChI=1S/C19H22N2O4.C2H6S/c1-5-25-18-11-14(9-10-17(18)24-4)12-20-16-8-6-7-15(13(2)3)19(16)21(22)23;1-3-2/h6-11,20H,2,5,12H2,1,3-4H3;1-2H3. The summed E-state index contributed by atoms with van der Waals surface area (Å²) in [5, 5.41) is 14.6. The molecule has 0 aliphatic heterocycles. The van der Waals surface area contributed by atoms with Gasteiger partial charge >= 0.3 is 0 Å². The highest BCUT2D eigenvalue weighted by Gasteiger charge is 2.19. The van der Waals surface area contributed by atoms with Gasteiger partial charge in [-0.15, -0.1) is 0 Å². The van der Waals surface area contributed by atoms with Crippen LogP contribution in [0.2, 0.25) is 0 Å². The predicted octanol–water partition coefficient (Wildman–Crippen LogP) is 5.63. The Morgan fingerprint density at radius 1 is 1.25 bits per heavy atom. The highest BCUT2D eigenvalue weighted by atomic mass is 32.2. The Morgan fingerprint density at radius 2 is 1.93 bits per heavy atom. The number of thioether (sulfide) groups is 1. The first-order chi connectivity index (χ1) is 13.4. The monoisotopic (exact) mass is 404 g/mol. The second-order valence-electron chi connectivity index (χ2n) is 5.92. The summed E-state index contributed by atoms with van der Waals surface area (Å²) < 4.78 is 10.8. The van der Waals surface area contributed by atoms with Crippen molar-refractivity contribution in [2.24, 2.45) is 0 Å². The quantitative estimate of drug-likeness (QED) is 0.454. The number of nitrogens with zero attached hydrogens (tertiary/aromatic N) is 1. The molecule has 2 aromatic carbocycles. The van der Waals surface area contributed by atoms with Crippen LogP contribution in [0.3, 0.4) is 0 Å². The van der Waals surface area contributed by atoms with Gasteiger partial charge in [0, 0.05) is 6.54 Å². The van der Waals surface area contributed by atoms with Crippen LogP contribution in [0.5, 0.6) is 11.5 Å². The molecule has 2 rings (SSSR count). The molecule has 0 saturated heterocycles. The minimum absolute atomic E-state index is 0.0357. The van der Waals surface area contributed by atoms with Gasteiger partial charge in [-0.3, -0.25) is 10.1 Å². The van der Waals surface area contributed by atoms with E-state index in [1.54, 1.807) is 44.0 Å². The minimum Gasteiger partial charge on any atom is -0.493 e. The van der Waals surface area contributed by atoms with E-state index < -0.39 is 0 Å². The van der Waals surface area contributed by atoms with Gasteiger partial charge in [0.1, 0.15) is 5.69 Å². The lowest BCUT2D eigenvalue weighted by Gasteiger charge is -2.13. The van der Waals surface area contributed by atoms with E-state index in [2.05, 4.69) is 11.9 Å². The molecule has 0 aliphatic carbocycles. The van der Waals surface area contributed by atoms with Crippen molar-refractivity contribution in [3.63, 3.8) is 0 Å². The van der Waals surface area contributed by atoms with E-state index in [-0.39, 0.29) is 10.6 Å². The third kappa shape index (κ3) is 6.49. The number of hydrogen-bond acceptors (Lipinski definition) is 6. The molecule has 0 saturated carbocycles. The van der Waals surface area contributed by atoms with Crippen LogP contribution in [-0.2, 0) is 6.54 Å². The molecule has 0 aromatic heterocycles. The number of nitro benzene ring substituents is 1. The summed E-state index contributed by atoms with van der Waals surface area (Å²) in [4.78, 5) is 11.1. The van der Waals surface area contributed by atoms with Gasteiger partial charge < -0.3 is 14.8 Å². The van der Waals surface area contributed by atoms with E-state index in [1.165, 1.54) is 0 Å². The third-order valence-corrected chi connectivity index (χ3v) is 3.69. The zero-order valence-electron chi connectivity index (χ0n) is 17.1. The third-order valence-electron chi connectivity index (χ3n) is 3.69. The van der Waals surface area contributed by atoms with Crippen LogP contribution >= 0.6 is 11.8 Å². The molecular weight excluding hydrogens is 376 g/mol. The molecule has 1 N–H and O–H groups in total. The van der Waals surface area contributed by atoms with E-state index in [9.17, 15) is 10.1 Å². The zero-order valence-corrected chi connectivity index (χ0v) is 17.9. The lowest BCUT2D eigenvalue weighted by Crippen LogP contribution is -2.05. The Kier molecular flexibility index (Phi) is 9.95. The van der Waals surface area contributed by atoms with Gasteiger partial charge in [0.15, 0.2) is 11.5 Å². The number of allylic oxidation sites excluding steroid dienone is 1. The van der Waals surface area contributed by atoms with E-state index in [0.717, 1.165) is 5.56 Å². The maximum absolute atomic E-state index is 11.5. The number of nitrogens with one attached hydrogen (secondary N) is 1. The van der Waals surface area contributed by atoms with Gasteiger partial charge in [0.25, 0.3) is 5.69 Å². The lowest BCUT2D eigenvalue weighted by molar-refractivity contribution is -0.384. The molecule has 0 amide bonds. The fraction of sp³-hybridized carbons (Fsp3) is 0.333. The first-order valence-corrected chi connectivity index (χ1v) is 10.4. The second-order valence-corrected chi connectivity index (χ2v) is 6.74. The molecule has 0 fully saturated rings. The molecule has 0 radical (unpaired) electrons. The first-order valence-electron chi connectivity index (χ1n) is 8.76. The van der Waals surface area contributed by atoms with Crippen LogP contribution in [0.15, 0.2) is 43.0 Å². The zero-order chi connectivity index (χ0) is 21.1. The number of ether oxygens (including phenoxy) is 2. The minimum atomic E-state index is -0.383. The van der Waals surface area contributed by atoms with Gasteiger partial charge in [0.2, 0.25) is 0 Å². The van der Waals surface area contributed by atoms with Gasteiger partial charge in [-0.05, 0) is 61.8 Å². The number of anilines is 1. The average molecular weight is 405 g/mol. The molecule has 0 heterocycles. The van der Waals surface area contributed by atoms with Gasteiger partial charge in [-0.2, -0.15) is 11.8 Å². The number of para-hydroxylation sites is 1.